The van der Waals surface area contributed by atoms with Crippen LogP contribution in [-0.2, 0) is 0 Å². The second-order valence-electron chi connectivity index (χ2n) is 5.04. The summed E-state index contributed by atoms with van der Waals surface area (Å²) in [4.78, 5) is 4.43. The molecule has 0 saturated heterocycles. The average Bonchev–Trinajstić information content (AvgIpc) is 3.06. The van der Waals surface area contributed by atoms with E-state index in [9.17, 15) is 0 Å². The largest absolute Gasteiger partial charge is 0.495 e. The van der Waals surface area contributed by atoms with E-state index in [2.05, 4.69) is 15.5 Å². The number of aromatic nitrogens is 2. The molecular weight excluding hydrogens is 314 g/mol. The van der Waals surface area contributed by atoms with Crippen LogP contribution in [-0.4, -0.2) is 17.3 Å². The van der Waals surface area contributed by atoms with Crippen molar-refractivity contribution in [2.75, 3.05) is 12.4 Å². The summed E-state index contributed by atoms with van der Waals surface area (Å²) in [6.45, 7) is 1.94. The number of benzene rings is 2. The van der Waals surface area contributed by atoms with E-state index in [1.165, 1.54) is 0 Å². The van der Waals surface area contributed by atoms with E-state index in [4.69, 9.17) is 20.9 Å². The zero-order chi connectivity index (χ0) is 16.2. The third kappa shape index (κ3) is 3.46. The molecular formula is C17H16ClN3O2. The molecule has 2 aromatic carbocycles. The Hall–Kier alpha value is -2.53. The van der Waals surface area contributed by atoms with Crippen molar-refractivity contribution in [3.8, 4) is 17.1 Å². The molecule has 0 radical (unpaired) electrons. The zero-order valence-corrected chi connectivity index (χ0v) is 13.5. The summed E-state index contributed by atoms with van der Waals surface area (Å²) in [5.41, 5.74) is 1.77. The maximum Gasteiger partial charge on any atom is 0.249 e. The highest BCUT2D eigenvalue weighted by atomic mass is 35.5. The lowest BCUT2D eigenvalue weighted by Crippen LogP contribution is -2.07. The number of anilines is 1. The fourth-order valence-corrected chi connectivity index (χ4v) is 2.44. The molecule has 1 atom stereocenters. The van der Waals surface area contributed by atoms with Crippen LogP contribution in [0.5, 0.6) is 5.75 Å². The van der Waals surface area contributed by atoms with Crippen molar-refractivity contribution in [3.05, 3.63) is 59.4 Å². The minimum Gasteiger partial charge on any atom is -0.495 e. The van der Waals surface area contributed by atoms with Crippen LogP contribution in [0.1, 0.15) is 18.9 Å². The monoisotopic (exact) mass is 329 g/mol. The first-order valence-electron chi connectivity index (χ1n) is 7.16. The van der Waals surface area contributed by atoms with E-state index in [0.29, 0.717) is 22.5 Å². The molecule has 1 heterocycles. The predicted octanol–water partition coefficient (Wildman–Crippen LogP) is 4.57. The number of nitrogens with zero attached hydrogens (tertiary/aromatic N) is 2. The number of nitrogens with one attached hydrogen (secondary N) is 1. The Morgan fingerprint density at radius 2 is 1.96 bits per heavy atom. The molecule has 0 aliphatic carbocycles. The van der Waals surface area contributed by atoms with E-state index in [-0.39, 0.29) is 6.04 Å². The van der Waals surface area contributed by atoms with E-state index < -0.39 is 0 Å². The lowest BCUT2D eigenvalue weighted by molar-refractivity contribution is 0.368. The van der Waals surface area contributed by atoms with Gasteiger partial charge < -0.3 is 14.6 Å². The van der Waals surface area contributed by atoms with Crippen molar-refractivity contribution in [2.24, 2.45) is 0 Å². The smallest absolute Gasteiger partial charge is 0.249 e. The molecule has 5 nitrogen and oxygen atoms in total. The molecule has 0 amide bonds. The van der Waals surface area contributed by atoms with Crippen LogP contribution >= 0.6 is 11.6 Å². The molecule has 23 heavy (non-hydrogen) atoms. The SMILES string of the molecule is COc1ccc(N[C@@H](C)c2nc(-c3ccccc3)no2)cc1Cl. The van der Waals surface area contributed by atoms with Crippen LogP contribution < -0.4 is 10.1 Å². The summed E-state index contributed by atoms with van der Waals surface area (Å²) in [5, 5.41) is 7.84. The minimum absolute atomic E-state index is 0.149. The maximum absolute atomic E-state index is 6.13. The van der Waals surface area contributed by atoms with Gasteiger partial charge in [-0.05, 0) is 25.1 Å². The lowest BCUT2D eigenvalue weighted by Gasteiger charge is -2.12. The first-order chi connectivity index (χ1) is 11.2. The Bertz CT molecular complexity index is 790. The van der Waals surface area contributed by atoms with Crippen LogP contribution in [0.2, 0.25) is 5.02 Å². The lowest BCUT2D eigenvalue weighted by atomic mass is 10.2. The van der Waals surface area contributed by atoms with Crippen molar-refractivity contribution >= 4 is 17.3 Å². The first kappa shape index (κ1) is 15.4. The van der Waals surface area contributed by atoms with Gasteiger partial charge in [-0.25, -0.2) is 0 Å². The summed E-state index contributed by atoms with van der Waals surface area (Å²) in [6, 6.07) is 15.0. The molecule has 0 fully saturated rings. The number of hydrogen-bond donors (Lipinski definition) is 1. The van der Waals surface area contributed by atoms with Gasteiger partial charge in [0, 0.05) is 11.3 Å². The van der Waals surface area contributed by atoms with Crippen molar-refractivity contribution in [2.45, 2.75) is 13.0 Å². The predicted molar refractivity (Wildman–Crippen MR) is 89.8 cm³/mol. The van der Waals surface area contributed by atoms with Gasteiger partial charge in [-0.3, -0.25) is 0 Å². The standard InChI is InChI=1S/C17H16ClN3O2/c1-11(19-13-8-9-15(22-2)14(18)10-13)17-20-16(21-23-17)12-6-4-3-5-7-12/h3-11,19H,1-2H3/t11-/m0/s1. The van der Waals surface area contributed by atoms with Crippen molar-refractivity contribution in [1.29, 1.82) is 0 Å². The first-order valence-corrected chi connectivity index (χ1v) is 7.54. The van der Waals surface area contributed by atoms with E-state index >= 15 is 0 Å². The number of ether oxygens (including phenoxy) is 1. The maximum atomic E-state index is 6.13. The number of methoxy groups -OCH3 is 1. The molecule has 1 aromatic heterocycles. The molecule has 0 spiro atoms. The second-order valence-corrected chi connectivity index (χ2v) is 5.44. The molecule has 3 aromatic rings. The van der Waals surface area contributed by atoms with Gasteiger partial charge in [0.15, 0.2) is 0 Å². The molecule has 0 bridgehead atoms. The van der Waals surface area contributed by atoms with Crippen LogP contribution in [0.25, 0.3) is 11.4 Å². The Balaban J connectivity index is 1.75. The third-order valence-electron chi connectivity index (χ3n) is 3.38. The highest BCUT2D eigenvalue weighted by Crippen LogP contribution is 2.29. The zero-order valence-electron chi connectivity index (χ0n) is 12.8. The van der Waals surface area contributed by atoms with Gasteiger partial charge in [0.05, 0.1) is 12.1 Å². The normalized spacial score (nSPS) is 12.0. The van der Waals surface area contributed by atoms with Crippen molar-refractivity contribution in [3.63, 3.8) is 0 Å². The van der Waals surface area contributed by atoms with Crippen molar-refractivity contribution < 1.29 is 9.26 Å². The fourth-order valence-electron chi connectivity index (χ4n) is 2.18. The van der Waals surface area contributed by atoms with E-state index in [0.717, 1.165) is 11.3 Å². The molecule has 0 saturated carbocycles. The van der Waals surface area contributed by atoms with Gasteiger partial charge in [0.1, 0.15) is 11.8 Å². The number of rotatable bonds is 5. The van der Waals surface area contributed by atoms with Gasteiger partial charge in [-0.2, -0.15) is 4.98 Å². The molecule has 0 unspecified atom stereocenters. The molecule has 3 rings (SSSR count). The van der Waals surface area contributed by atoms with Gasteiger partial charge >= 0.3 is 0 Å². The number of halogens is 1. The molecule has 0 aliphatic rings. The molecule has 118 valence electrons. The molecule has 1 N–H and O–H groups in total. The highest BCUT2D eigenvalue weighted by Gasteiger charge is 2.15. The third-order valence-corrected chi connectivity index (χ3v) is 3.67. The van der Waals surface area contributed by atoms with Gasteiger partial charge in [0.2, 0.25) is 11.7 Å². The topological polar surface area (TPSA) is 60.2 Å². The second kappa shape index (κ2) is 6.71. The summed E-state index contributed by atoms with van der Waals surface area (Å²) in [7, 11) is 1.58. The summed E-state index contributed by atoms with van der Waals surface area (Å²) in [5.74, 6) is 1.71. The summed E-state index contributed by atoms with van der Waals surface area (Å²) >= 11 is 6.13. The quantitative estimate of drug-likeness (QED) is 0.742. The van der Waals surface area contributed by atoms with Crippen molar-refractivity contribution in [1.82, 2.24) is 10.1 Å². The average molecular weight is 330 g/mol. The van der Waals surface area contributed by atoms with Crippen LogP contribution in [0.15, 0.2) is 53.1 Å². The van der Waals surface area contributed by atoms with Gasteiger partial charge in [-0.1, -0.05) is 47.1 Å². The Kier molecular flexibility index (Phi) is 4.48. The minimum atomic E-state index is -0.149. The van der Waals surface area contributed by atoms with Gasteiger partial charge in [-0.15, -0.1) is 0 Å². The molecule has 0 aliphatic heterocycles. The fraction of sp³-hybridized carbons (Fsp3) is 0.176. The van der Waals surface area contributed by atoms with Crippen LogP contribution in [0.4, 0.5) is 5.69 Å². The number of hydrogen-bond acceptors (Lipinski definition) is 5. The Morgan fingerprint density at radius 1 is 1.17 bits per heavy atom. The highest BCUT2D eigenvalue weighted by molar-refractivity contribution is 6.32. The Labute approximate surface area is 139 Å². The molecule has 6 heteroatoms. The van der Waals surface area contributed by atoms with E-state index in [1.54, 1.807) is 19.2 Å². The van der Waals surface area contributed by atoms with Crippen LogP contribution in [0, 0.1) is 0 Å². The van der Waals surface area contributed by atoms with E-state index in [1.807, 2.05) is 43.3 Å². The Morgan fingerprint density at radius 3 is 2.65 bits per heavy atom. The summed E-state index contributed by atoms with van der Waals surface area (Å²) < 4.78 is 10.5. The van der Waals surface area contributed by atoms with Gasteiger partial charge in [0.25, 0.3) is 0 Å². The summed E-state index contributed by atoms with van der Waals surface area (Å²) in [6.07, 6.45) is 0. The van der Waals surface area contributed by atoms with Crippen LogP contribution in [0.3, 0.4) is 0 Å².